The van der Waals surface area contributed by atoms with E-state index in [9.17, 15) is 0 Å². The number of rotatable bonds is 1. The minimum atomic E-state index is -0.0216. The van der Waals surface area contributed by atoms with Crippen LogP contribution in [0.1, 0.15) is 25.0 Å². The van der Waals surface area contributed by atoms with Gasteiger partial charge in [-0.3, -0.25) is 4.40 Å². The van der Waals surface area contributed by atoms with Crippen LogP contribution < -0.4 is 5.32 Å². The van der Waals surface area contributed by atoms with E-state index in [1.807, 2.05) is 6.07 Å². The summed E-state index contributed by atoms with van der Waals surface area (Å²) in [6.07, 6.45) is 8.46. The zero-order valence-corrected chi connectivity index (χ0v) is 24.8. The van der Waals surface area contributed by atoms with Gasteiger partial charge in [-0.25, -0.2) is 4.99 Å². The fraction of sp³-hybridized carbons (Fsp3) is 0.0976. The quantitative estimate of drug-likeness (QED) is 0.211. The Bertz CT molecular complexity index is 2710. The molecule has 3 aliphatic rings. The first kappa shape index (κ1) is 23.8. The van der Waals surface area contributed by atoms with Crippen LogP contribution in [0.25, 0.3) is 71.4 Å². The number of furan rings is 1. The molecular weight excluding hydrogens is 550 g/mol. The van der Waals surface area contributed by atoms with Gasteiger partial charge in [0.15, 0.2) is 5.82 Å². The lowest BCUT2D eigenvalue weighted by atomic mass is 9.82. The van der Waals surface area contributed by atoms with Gasteiger partial charge in [0, 0.05) is 27.0 Å². The van der Waals surface area contributed by atoms with Crippen LogP contribution in [-0.4, -0.2) is 16.2 Å². The summed E-state index contributed by atoms with van der Waals surface area (Å²) >= 11 is 0. The van der Waals surface area contributed by atoms with Gasteiger partial charge in [-0.2, -0.15) is 0 Å². The number of anilines is 1. The van der Waals surface area contributed by atoms with Crippen LogP contribution in [0.15, 0.2) is 125 Å². The Morgan fingerprint density at radius 1 is 0.756 bits per heavy atom. The molecule has 0 saturated heterocycles. The highest BCUT2D eigenvalue weighted by atomic mass is 16.3. The maximum atomic E-state index is 6.64. The van der Waals surface area contributed by atoms with E-state index in [2.05, 4.69) is 133 Å². The standard InChI is InChI=1S/C41H27N3O/c1-41(2)30-11-5-3-9-24(30)27-19-22(15-17-31(27)41)23-20-28-36-34(18-16-26-25-10-4-8-14-35(25)45-39(26)36)44-38(28)29(21-23)37-40(44)43-33-13-7-6-12-32(33)42-37/h3-21,32,42H,1-2H3. The van der Waals surface area contributed by atoms with Crippen LogP contribution in [0.3, 0.4) is 0 Å². The molecule has 1 aliphatic heterocycles. The number of para-hydroxylation sites is 1. The normalized spacial score (nSPS) is 17.6. The Hall–Kier alpha value is -5.61. The van der Waals surface area contributed by atoms with Gasteiger partial charge in [0.1, 0.15) is 11.2 Å². The fourth-order valence-corrected chi connectivity index (χ4v) is 8.41. The van der Waals surface area contributed by atoms with E-state index in [-0.39, 0.29) is 11.5 Å². The summed E-state index contributed by atoms with van der Waals surface area (Å²) in [4.78, 5) is 5.27. The van der Waals surface area contributed by atoms with Crippen molar-refractivity contribution in [2.75, 3.05) is 5.32 Å². The Labute approximate surface area is 258 Å². The van der Waals surface area contributed by atoms with Crippen molar-refractivity contribution in [3.05, 3.63) is 126 Å². The number of nitrogens with one attached hydrogen (secondary N) is 1. The zero-order chi connectivity index (χ0) is 29.6. The Balaban J connectivity index is 1.26. The van der Waals surface area contributed by atoms with E-state index in [4.69, 9.17) is 9.41 Å². The zero-order valence-electron chi connectivity index (χ0n) is 24.8. The minimum absolute atomic E-state index is 0.0216. The van der Waals surface area contributed by atoms with Crippen molar-refractivity contribution in [1.29, 1.82) is 0 Å². The molecule has 45 heavy (non-hydrogen) atoms. The summed E-state index contributed by atoms with van der Waals surface area (Å²) in [6, 6.07) is 33.5. The highest BCUT2D eigenvalue weighted by Gasteiger charge is 2.35. The second-order valence-electron chi connectivity index (χ2n) is 13.2. The van der Waals surface area contributed by atoms with Crippen molar-refractivity contribution in [2.45, 2.75) is 25.3 Å². The number of hydrogen-bond acceptors (Lipinski definition) is 3. The number of benzene rings is 5. The largest absolute Gasteiger partial charge is 0.455 e. The summed E-state index contributed by atoms with van der Waals surface area (Å²) in [5.74, 6) is 0.952. The van der Waals surface area contributed by atoms with Crippen molar-refractivity contribution < 1.29 is 4.42 Å². The lowest BCUT2D eigenvalue weighted by molar-refractivity contribution is 0.660. The van der Waals surface area contributed by atoms with E-state index >= 15 is 0 Å². The highest BCUT2D eigenvalue weighted by Crippen LogP contribution is 2.52. The Morgan fingerprint density at radius 3 is 2.56 bits per heavy atom. The molecule has 5 aromatic carbocycles. The predicted molar refractivity (Wildman–Crippen MR) is 187 cm³/mol. The number of aromatic nitrogens is 1. The molecule has 0 amide bonds. The van der Waals surface area contributed by atoms with E-state index in [1.54, 1.807) is 0 Å². The topological polar surface area (TPSA) is 41.9 Å². The molecule has 4 heteroatoms. The molecule has 0 radical (unpaired) electrons. The molecule has 0 bridgehead atoms. The molecule has 0 spiro atoms. The summed E-state index contributed by atoms with van der Waals surface area (Å²) in [7, 11) is 0. The van der Waals surface area contributed by atoms with Crippen LogP contribution in [-0.2, 0) is 5.41 Å². The third kappa shape index (κ3) is 2.86. The molecule has 1 N–H and O–H groups in total. The maximum Gasteiger partial charge on any atom is 0.162 e. The summed E-state index contributed by atoms with van der Waals surface area (Å²) < 4.78 is 8.98. The van der Waals surface area contributed by atoms with Gasteiger partial charge in [0.25, 0.3) is 0 Å². The molecule has 4 heterocycles. The van der Waals surface area contributed by atoms with Crippen molar-refractivity contribution in [1.82, 2.24) is 4.40 Å². The monoisotopic (exact) mass is 577 g/mol. The molecule has 1 unspecified atom stereocenters. The van der Waals surface area contributed by atoms with E-state index in [0.717, 1.165) is 50.1 Å². The first-order chi connectivity index (χ1) is 22.1. The van der Waals surface area contributed by atoms with E-state index in [1.165, 1.54) is 49.7 Å². The number of aliphatic imine (C=N–C) groups is 1. The second kappa shape index (κ2) is 7.91. The Kier molecular flexibility index (Phi) is 4.18. The first-order valence-electron chi connectivity index (χ1n) is 15.7. The maximum absolute atomic E-state index is 6.64. The van der Waals surface area contributed by atoms with Gasteiger partial charge < -0.3 is 9.73 Å². The number of fused-ring (bicyclic) bond motifs is 14. The summed E-state index contributed by atoms with van der Waals surface area (Å²) in [6.45, 7) is 4.67. The van der Waals surface area contributed by atoms with Gasteiger partial charge in [-0.15, -0.1) is 0 Å². The summed E-state index contributed by atoms with van der Waals surface area (Å²) in [5, 5.41) is 9.65. The molecule has 1 atom stereocenters. The molecule has 11 rings (SSSR count). The van der Waals surface area contributed by atoms with Crippen molar-refractivity contribution in [2.24, 2.45) is 4.99 Å². The average molecular weight is 578 g/mol. The van der Waals surface area contributed by atoms with Crippen molar-refractivity contribution >= 4 is 66.3 Å². The van der Waals surface area contributed by atoms with Crippen LogP contribution >= 0.6 is 0 Å². The van der Waals surface area contributed by atoms with Crippen LogP contribution in [0, 0.1) is 0 Å². The molecule has 3 aromatic heterocycles. The number of hydrogen-bond donors (Lipinski definition) is 1. The van der Waals surface area contributed by atoms with Crippen molar-refractivity contribution in [3.8, 4) is 22.3 Å². The molecule has 0 fully saturated rings. The molecule has 4 nitrogen and oxygen atoms in total. The lowest BCUT2D eigenvalue weighted by Crippen LogP contribution is -2.29. The summed E-state index contributed by atoms with van der Waals surface area (Å²) in [5.41, 5.74) is 14.1. The van der Waals surface area contributed by atoms with Crippen LogP contribution in [0.2, 0.25) is 0 Å². The number of allylic oxidation sites excluding steroid dienone is 2. The van der Waals surface area contributed by atoms with E-state index < -0.39 is 0 Å². The predicted octanol–water partition coefficient (Wildman–Crippen LogP) is 10.5. The van der Waals surface area contributed by atoms with Gasteiger partial charge in [0.05, 0.1) is 33.9 Å². The van der Waals surface area contributed by atoms with Gasteiger partial charge in [0.2, 0.25) is 0 Å². The third-order valence-corrected chi connectivity index (χ3v) is 10.5. The second-order valence-corrected chi connectivity index (χ2v) is 13.2. The highest BCUT2D eigenvalue weighted by molar-refractivity contribution is 6.29. The SMILES string of the molecule is CC1(C)c2ccccc2-c2cc(-c3cc4c5c(n6c7ccc8c9ccccc9oc8c7c(c3)c46)N=C3C=CC=CC3N5)ccc21. The molecule has 8 aromatic rings. The van der Waals surface area contributed by atoms with E-state index in [0.29, 0.717) is 0 Å². The fourth-order valence-electron chi connectivity index (χ4n) is 8.41. The first-order valence-corrected chi connectivity index (χ1v) is 15.7. The van der Waals surface area contributed by atoms with Crippen LogP contribution in [0.5, 0.6) is 0 Å². The van der Waals surface area contributed by atoms with Crippen LogP contribution in [0.4, 0.5) is 11.5 Å². The lowest BCUT2D eigenvalue weighted by Gasteiger charge is -2.23. The van der Waals surface area contributed by atoms with Crippen molar-refractivity contribution in [3.63, 3.8) is 0 Å². The molecule has 0 saturated carbocycles. The third-order valence-electron chi connectivity index (χ3n) is 10.5. The molecule has 212 valence electrons. The average Bonchev–Trinajstić information content (AvgIpc) is 3.78. The van der Waals surface area contributed by atoms with Gasteiger partial charge in [-0.1, -0.05) is 86.7 Å². The molecular formula is C41H27N3O. The smallest absolute Gasteiger partial charge is 0.162 e. The number of nitrogens with zero attached hydrogens (tertiary/aromatic N) is 2. The molecule has 2 aliphatic carbocycles. The van der Waals surface area contributed by atoms with Gasteiger partial charge >= 0.3 is 0 Å². The minimum Gasteiger partial charge on any atom is -0.455 e. The Morgan fingerprint density at radius 2 is 1.60 bits per heavy atom. The van der Waals surface area contributed by atoms with Gasteiger partial charge in [-0.05, 0) is 75.9 Å².